The number of aromatic nitrogens is 2. The van der Waals surface area contributed by atoms with E-state index in [0.717, 1.165) is 36.3 Å². The minimum Gasteiger partial charge on any atom is -0.394 e. The Morgan fingerprint density at radius 2 is 2.23 bits per heavy atom. The molecule has 0 saturated carbocycles. The molecule has 1 heterocycles. The van der Waals surface area contributed by atoms with Crippen LogP contribution in [-0.2, 0) is 19.5 Å². The lowest BCUT2D eigenvalue weighted by Crippen LogP contribution is -2.19. The maximum atomic E-state index is 13.3. The van der Waals surface area contributed by atoms with E-state index >= 15 is 0 Å². The van der Waals surface area contributed by atoms with Crippen molar-refractivity contribution >= 4 is 0 Å². The van der Waals surface area contributed by atoms with Crippen LogP contribution in [0.15, 0.2) is 18.2 Å². The van der Waals surface area contributed by atoms with Crippen LogP contribution in [0.5, 0.6) is 0 Å². The smallest absolute Gasteiger partial charge is 0.123 e. The first-order chi connectivity index (χ1) is 10.6. The zero-order valence-corrected chi connectivity index (χ0v) is 13.1. The number of halogens is 1. The standard InChI is InChI=1S/C17H22FN3O/c1-11-16(12(2)21(20-11)7-8-22)10-19-17-6-3-13-9-14(18)4-5-15(13)17/h4-5,9,17,19,22H,3,6-8,10H2,1-2H3. The van der Waals surface area contributed by atoms with Gasteiger partial charge in [0.2, 0.25) is 0 Å². The number of hydrogen-bond acceptors (Lipinski definition) is 3. The molecule has 1 aromatic heterocycles. The molecule has 4 nitrogen and oxygen atoms in total. The van der Waals surface area contributed by atoms with E-state index in [1.807, 2.05) is 24.6 Å². The Hall–Kier alpha value is -1.72. The number of aliphatic hydroxyl groups excluding tert-OH is 1. The molecule has 0 spiro atoms. The molecule has 1 aliphatic carbocycles. The molecule has 22 heavy (non-hydrogen) atoms. The highest BCUT2D eigenvalue weighted by Crippen LogP contribution is 2.32. The molecule has 2 aromatic rings. The summed E-state index contributed by atoms with van der Waals surface area (Å²) in [6.07, 6.45) is 1.92. The summed E-state index contributed by atoms with van der Waals surface area (Å²) in [4.78, 5) is 0. The lowest BCUT2D eigenvalue weighted by atomic mass is 10.1. The molecular weight excluding hydrogens is 281 g/mol. The Bertz CT molecular complexity index is 681. The normalized spacial score (nSPS) is 17.0. The summed E-state index contributed by atoms with van der Waals surface area (Å²) >= 11 is 0. The highest BCUT2D eigenvalue weighted by atomic mass is 19.1. The lowest BCUT2D eigenvalue weighted by molar-refractivity contribution is 0.267. The van der Waals surface area contributed by atoms with E-state index in [9.17, 15) is 4.39 Å². The van der Waals surface area contributed by atoms with Crippen LogP contribution in [0.3, 0.4) is 0 Å². The van der Waals surface area contributed by atoms with Crippen LogP contribution in [-0.4, -0.2) is 21.5 Å². The van der Waals surface area contributed by atoms with E-state index in [-0.39, 0.29) is 18.5 Å². The maximum Gasteiger partial charge on any atom is 0.123 e. The number of hydrogen-bond donors (Lipinski definition) is 2. The fourth-order valence-electron chi connectivity index (χ4n) is 3.33. The number of nitrogens with zero attached hydrogens (tertiary/aromatic N) is 2. The Morgan fingerprint density at radius 3 is 3.00 bits per heavy atom. The third-order valence-corrected chi connectivity index (χ3v) is 4.55. The van der Waals surface area contributed by atoms with Crippen LogP contribution in [0.1, 0.15) is 40.5 Å². The van der Waals surface area contributed by atoms with Crippen molar-refractivity contribution in [2.24, 2.45) is 0 Å². The van der Waals surface area contributed by atoms with Crippen LogP contribution in [0.25, 0.3) is 0 Å². The van der Waals surface area contributed by atoms with Crippen molar-refractivity contribution in [2.75, 3.05) is 6.61 Å². The lowest BCUT2D eigenvalue weighted by Gasteiger charge is -2.14. The van der Waals surface area contributed by atoms with Crippen molar-refractivity contribution in [2.45, 2.75) is 45.8 Å². The predicted octanol–water partition coefficient (Wildman–Crippen LogP) is 2.41. The summed E-state index contributed by atoms with van der Waals surface area (Å²) < 4.78 is 15.1. The number of aryl methyl sites for hydroxylation is 2. The topological polar surface area (TPSA) is 50.1 Å². The quantitative estimate of drug-likeness (QED) is 0.892. The molecule has 2 N–H and O–H groups in total. The maximum absolute atomic E-state index is 13.3. The van der Waals surface area contributed by atoms with Gasteiger partial charge in [0.15, 0.2) is 0 Å². The second-order valence-corrected chi connectivity index (χ2v) is 5.91. The monoisotopic (exact) mass is 303 g/mol. The van der Waals surface area contributed by atoms with Gasteiger partial charge in [-0.05, 0) is 49.9 Å². The van der Waals surface area contributed by atoms with Crippen molar-refractivity contribution < 1.29 is 9.50 Å². The summed E-state index contributed by atoms with van der Waals surface area (Å²) in [6, 6.07) is 5.35. The minimum atomic E-state index is -0.156. The molecule has 1 aliphatic rings. The average Bonchev–Trinajstić information content (AvgIpc) is 2.99. The van der Waals surface area contributed by atoms with Gasteiger partial charge in [-0.3, -0.25) is 4.68 Å². The number of benzene rings is 1. The zero-order chi connectivity index (χ0) is 15.7. The number of aliphatic hydroxyl groups is 1. The van der Waals surface area contributed by atoms with Crippen LogP contribution in [0, 0.1) is 19.7 Å². The SMILES string of the molecule is Cc1nn(CCO)c(C)c1CNC1CCc2cc(F)ccc21. The molecule has 0 amide bonds. The van der Waals surface area contributed by atoms with Crippen LogP contribution in [0.2, 0.25) is 0 Å². The summed E-state index contributed by atoms with van der Waals surface area (Å²) in [5, 5.41) is 17.1. The highest BCUT2D eigenvalue weighted by Gasteiger charge is 2.23. The minimum absolute atomic E-state index is 0.0936. The number of nitrogens with one attached hydrogen (secondary N) is 1. The summed E-state index contributed by atoms with van der Waals surface area (Å²) in [7, 11) is 0. The van der Waals surface area contributed by atoms with Gasteiger partial charge in [0.25, 0.3) is 0 Å². The Kier molecular flexibility index (Phi) is 4.27. The van der Waals surface area contributed by atoms with Crippen molar-refractivity contribution in [1.29, 1.82) is 0 Å². The Labute approximate surface area is 130 Å². The molecule has 0 saturated heterocycles. The van der Waals surface area contributed by atoms with Crippen molar-refractivity contribution in [3.05, 3.63) is 52.1 Å². The van der Waals surface area contributed by atoms with Gasteiger partial charge in [0.1, 0.15) is 5.82 Å². The molecule has 0 fully saturated rings. The molecular formula is C17H22FN3O. The fourth-order valence-corrected chi connectivity index (χ4v) is 3.33. The molecule has 0 radical (unpaired) electrons. The van der Waals surface area contributed by atoms with E-state index in [2.05, 4.69) is 10.4 Å². The van der Waals surface area contributed by atoms with Crippen LogP contribution >= 0.6 is 0 Å². The van der Waals surface area contributed by atoms with Crippen LogP contribution < -0.4 is 5.32 Å². The molecule has 118 valence electrons. The fraction of sp³-hybridized carbons (Fsp3) is 0.471. The molecule has 0 bridgehead atoms. The van der Waals surface area contributed by atoms with Gasteiger partial charge in [-0.1, -0.05) is 6.07 Å². The van der Waals surface area contributed by atoms with E-state index in [1.165, 1.54) is 17.2 Å². The molecule has 3 rings (SSSR count). The molecule has 5 heteroatoms. The zero-order valence-electron chi connectivity index (χ0n) is 13.1. The van der Waals surface area contributed by atoms with Gasteiger partial charge in [-0.15, -0.1) is 0 Å². The van der Waals surface area contributed by atoms with Gasteiger partial charge in [0.05, 0.1) is 18.8 Å². The third-order valence-electron chi connectivity index (χ3n) is 4.55. The average molecular weight is 303 g/mol. The Morgan fingerprint density at radius 1 is 1.41 bits per heavy atom. The van der Waals surface area contributed by atoms with Gasteiger partial charge in [-0.2, -0.15) is 5.10 Å². The summed E-state index contributed by atoms with van der Waals surface area (Å²) in [5.41, 5.74) is 5.59. The van der Waals surface area contributed by atoms with Crippen molar-refractivity contribution in [1.82, 2.24) is 15.1 Å². The van der Waals surface area contributed by atoms with E-state index in [4.69, 9.17) is 5.11 Å². The number of rotatable bonds is 5. The van der Waals surface area contributed by atoms with Gasteiger partial charge < -0.3 is 10.4 Å². The second-order valence-electron chi connectivity index (χ2n) is 5.91. The predicted molar refractivity (Wildman–Crippen MR) is 83.1 cm³/mol. The number of fused-ring (bicyclic) bond motifs is 1. The first-order valence-electron chi connectivity index (χ1n) is 7.75. The van der Waals surface area contributed by atoms with E-state index in [1.54, 1.807) is 6.07 Å². The summed E-state index contributed by atoms with van der Waals surface area (Å²) in [5.74, 6) is -0.156. The molecule has 1 unspecified atom stereocenters. The third kappa shape index (κ3) is 2.78. The first-order valence-corrected chi connectivity index (χ1v) is 7.75. The van der Waals surface area contributed by atoms with E-state index in [0.29, 0.717) is 6.54 Å². The van der Waals surface area contributed by atoms with Crippen molar-refractivity contribution in [3.8, 4) is 0 Å². The molecule has 0 aliphatic heterocycles. The second kappa shape index (κ2) is 6.18. The highest BCUT2D eigenvalue weighted by molar-refractivity contribution is 5.35. The van der Waals surface area contributed by atoms with Gasteiger partial charge in [-0.25, -0.2) is 4.39 Å². The van der Waals surface area contributed by atoms with Gasteiger partial charge >= 0.3 is 0 Å². The molecule has 1 aromatic carbocycles. The van der Waals surface area contributed by atoms with Crippen molar-refractivity contribution in [3.63, 3.8) is 0 Å². The van der Waals surface area contributed by atoms with Gasteiger partial charge in [0, 0.05) is 23.8 Å². The van der Waals surface area contributed by atoms with E-state index < -0.39 is 0 Å². The molecule has 1 atom stereocenters. The largest absolute Gasteiger partial charge is 0.394 e. The Balaban J connectivity index is 1.72. The summed E-state index contributed by atoms with van der Waals surface area (Å²) in [6.45, 7) is 5.39. The van der Waals surface area contributed by atoms with Crippen LogP contribution in [0.4, 0.5) is 4.39 Å². The first kappa shape index (κ1) is 15.2.